The second-order valence-electron chi connectivity index (χ2n) is 4.55. The molecule has 14 heavy (non-hydrogen) atoms. The molecule has 1 rings (SSSR count). The zero-order valence-electron chi connectivity index (χ0n) is 9.22. The van der Waals surface area contributed by atoms with E-state index in [-0.39, 0.29) is 5.91 Å². The van der Waals surface area contributed by atoms with Gasteiger partial charge in [0.1, 0.15) is 0 Å². The fourth-order valence-corrected chi connectivity index (χ4v) is 2.19. The molecule has 1 heterocycles. The lowest BCUT2D eigenvalue weighted by Gasteiger charge is -2.37. The van der Waals surface area contributed by atoms with E-state index in [1.165, 1.54) is 43.4 Å². The molecule has 3 nitrogen and oxygen atoms in total. The van der Waals surface area contributed by atoms with E-state index in [4.69, 9.17) is 0 Å². The number of quaternary nitrogens is 1. The lowest BCUT2D eigenvalue weighted by Crippen LogP contribution is -2.49. The first-order valence-electron chi connectivity index (χ1n) is 5.56. The third kappa shape index (κ3) is 4.09. The van der Waals surface area contributed by atoms with Gasteiger partial charge in [-0.05, 0) is 19.3 Å². The molecule has 0 aromatic carbocycles. The Balaban J connectivity index is 2.12. The van der Waals surface area contributed by atoms with Gasteiger partial charge in [0.05, 0.1) is 26.7 Å². The minimum absolute atomic E-state index is 0.161. The largest absolute Gasteiger partial charge is 0.356 e. The lowest BCUT2D eigenvalue weighted by atomic mass is 10.1. The molecule has 1 aliphatic heterocycles. The van der Waals surface area contributed by atoms with Crippen molar-refractivity contribution in [3.05, 3.63) is 6.92 Å². The van der Waals surface area contributed by atoms with Gasteiger partial charge in [-0.2, -0.15) is 0 Å². The number of carbonyl (C=O) groups excluding carboxylic acids is 1. The molecular weight excluding hydrogens is 176 g/mol. The highest BCUT2D eigenvalue weighted by Crippen LogP contribution is 2.16. The van der Waals surface area contributed by atoms with Crippen molar-refractivity contribution in [2.45, 2.75) is 25.7 Å². The van der Waals surface area contributed by atoms with Crippen LogP contribution in [0.25, 0.3) is 0 Å². The number of amides is 1. The Labute approximate surface area is 87.1 Å². The Morgan fingerprint density at radius 1 is 1.36 bits per heavy atom. The van der Waals surface area contributed by atoms with E-state index in [1.807, 2.05) is 0 Å². The topological polar surface area (TPSA) is 29.1 Å². The molecule has 0 aromatic rings. The summed E-state index contributed by atoms with van der Waals surface area (Å²) in [5.41, 5.74) is 0. The Morgan fingerprint density at radius 3 is 2.57 bits per heavy atom. The highest BCUT2D eigenvalue weighted by Gasteiger charge is 2.23. The molecule has 0 aliphatic carbocycles. The maximum Gasteiger partial charge on any atom is 0.220 e. The molecule has 3 heteroatoms. The minimum atomic E-state index is -0.161. The SMILES string of the molecule is [CH2]C(=O)NCCC[N+]1(C)CCCCC1. The van der Waals surface area contributed by atoms with E-state index in [0.717, 1.165) is 13.0 Å². The van der Waals surface area contributed by atoms with Crippen LogP contribution < -0.4 is 5.32 Å². The van der Waals surface area contributed by atoms with E-state index in [0.29, 0.717) is 0 Å². The summed E-state index contributed by atoms with van der Waals surface area (Å²) in [6.45, 7) is 7.85. The third-order valence-corrected chi connectivity index (χ3v) is 3.09. The van der Waals surface area contributed by atoms with Crippen molar-refractivity contribution in [1.29, 1.82) is 0 Å². The van der Waals surface area contributed by atoms with Gasteiger partial charge in [0.25, 0.3) is 0 Å². The first-order chi connectivity index (χ1) is 6.62. The monoisotopic (exact) mass is 198 g/mol. The van der Waals surface area contributed by atoms with Crippen LogP contribution in [0, 0.1) is 6.92 Å². The van der Waals surface area contributed by atoms with Gasteiger partial charge in [0.15, 0.2) is 0 Å². The summed E-state index contributed by atoms with van der Waals surface area (Å²) in [4.78, 5) is 10.5. The van der Waals surface area contributed by atoms with Crippen LogP contribution in [0.2, 0.25) is 0 Å². The molecule has 1 radical (unpaired) electrons. The molecule has 0 bridgehead atoms. The average Bonchev–Trinajstić information content (AvgIpc) is 2.14. The number of hydrogen-bond acceptors (Lipinski definition) is 1. The van der Waals surface area contributed by atoms with E-state index in [2.05, 4.69) is 19.3 Å². The second kappa shape index (κ2) is 5.35. The first-order valence-corrected chi connectivity index (χ1v) is 5.56. The van der Waals surface area contributed by atoms with Crippen LogP contribution in [0.15, 0.2) is 0 Å². The summed E-state index contributed by atoms with van der Waals surface area (Å²) < 4.78 is 1.19. The number of piperidine rings is 1. The summed E-state index contributed by atoms with van der Waals surface area (Å²) >= 11 is 0. The van der Waals surface area contributed by atoms with Crippen LogP contribution in [0.4, 0.5) is 0 Å². The van der Waals surface area contributed by atoms with Crippen molar-refractivity contribution in [2.24, 2.45) is 0 Å². The number of carbonyl (C=O) groups is 1. The molecule has 0 saturated carbocycles. The van der Waals surface area contributed by atoms with E-state index in [9.17, 15) is 4.79 Å². The molecule has 0 aromatic heterocycles. The standard InChI is InChI=1S/C11H21N2O/c1-11(14)12-7-6-10-13(2)8-4-3-5-9-13/h1,3-10H2,2H3/p+1. The van der Waals surface area contributed by atoms with Crippen LogP contribution in [0.1, 0.15) is 25.7 Å². The molecule has 1 N–H and O–H groups in total. The number of likely N-dealkylation sites (tertiary alicyclic amines) is 1. The average molecular weight is 198 g/mol. The van der Waals surface area contributed by atoms with Crippen molar-refractivity contribution in [3.63, 3.8) is 0 Å². The molecule has 0 spiro atoms. The van der Waals surface area contributed by atoms with Gasteiger partial charge in [-0.1, -0.05) is 0 Å². The predicted octanol–water partition coefficient (Wildman–Crippen LogP) is 0.957. The highest BCUT2D eigenvalue weighted by molar-refractivity contribution is 5.79. The smallest absolute Gasteiger partial charge is 0.220 e. The van der Waals surface area contributed by atoms with Crippen LogP contribution >= 0.6 is 0 Å². The molecule has 1 saturated heterocycles. The van der Waals surface area contributed by atoms with Crippen molar-refractivity contribution in [1.82, 2.24) is 5.32 Å². The quantitative estimate of drug-likeness (QED) is 0.529. The summed E-state index contributed by atoms with van der Waals surface area (Å²) in [5, 5.41) is 2.74. The van der Waals surface area contributed by atoms with Crippen molar-refractivity contribution in [3.8, 4) is 0 Å². The van der Waals surface area contributed by atoms with Crippen molar-refractivity contribution >= 4 is 5.91 Å². The van der Waals surface area contributed by atoms with Gasteiger partial charge < -0.3 is 9.80 Å². The highest BCUT2D eigenvalue weighted by atomic mass is 16.1. The Morgan fingerprint density at radius 2 is 2.00 bits per heavy atom. The second-order valence-corrected chi connectivity index (χ2v) is 4.55. The molecule has 0 atom stereocenters. The van der Waals surface area contributed by atoms with Gasteiger partial charge in [-0.25, -0.2) is 0 Å². The number of rotatable bonds is 4. The number of nitrogens with zero attached hydrogens (tertiary/aromatic N) is 1. The van der Waals surface area contributed by atoms with Crippen molar-refractivity contribution in [2.75, 3.05) is 33.2 Å². The molecule has 1 aliphatic rings. The summed E-state index contributed by atoms with van der Waals surface area (Å²) in [5.74, 6) is -0.161. The zero-order valence-corrected chi connectivity index (χ0v) is 9.22. The minimum Gasteiger partial charge on any atom is -0.356 e. The molecule has 0 unspecified atom stereocenters. The normalized spacial score (nSPS) is 20.4. The zero-order chi connectivity index (χ0) is 10.4. The van der Waals surface area contributed by atoms with Crippen LogP contribution in [-0.2, 0) is 4.79 Å². The number of hydrogen-bond donors (Lipinski definition) is 1. The predicted molar refractivity (Wildman–Crippen MR) is 57.6 cm³/mol. The first kappa shape index (κ1) is 11.5. The van der Waals surface area contributed by atoms with E-state index < -0.39 is 0 Å². The molecular formula is C11H22N2O+. The number of nitrogens with one attached hydrogen (secondary N) is 1. The fourth-order valence-electron chi connectivity index (χ4n) is 2.19. The molecule has 81 valence electrons. The summed E-state index contributed by atoms with van der Waals surface area (Å²) in [7, 11) is 2.32. The van der Waals surface area contributed by atoms with E-state index in [1.54, 1.807) is 0 Å². The Hall–Kier alpha value is -0.570. The molecule has 1 amide bonds. The Bertz CT molecular complexity index is 186. The third-order valence-electron chi connectivity index (χ3n) is 3.09. The van der Waals surface area contributed by atoms with Gasteiger partial charge in [-0.15, -0.1) is 0 Å². The Kier molecular flexibility index (Phi) is 4.39. The van der Waals surface area contributed by atoms with Crippen LogP contribution in [-0.4, -0.2) is 43.6 Å². The van der Waals surface area contributed by atoms with E-state index >= 15 is 0 Å². The van der Waals surface area contributed by atoms with Gasteiger partial charge >= 0.3 is 0 Å². The van der Waals surface area contributed by atoms with Gasteiger partial charge in [0.2, 0.25) is 5.91 Å². The molecule has 1 fully saturated rings. The summed E-state index contributed by atoms with van der Waals surface area (Å²) in [6, 6.07) is 0. The van der Waals surface area contributed by atoms with Crippen LogP contribution in [0.5, 0.6) is 0 Å². The van der Waals surface area contributed by atoms with Gasteiger partial charge in [0, 0.05) is 19.9 Å². The lowest BCUT2D eigenvalue weighted by molar-refractivity contribution is -0.914. The summed E-state index contributed by atoms with van der Waals surface area (Å²) in [6.07, 6.45) is 5.18. The fraction of sp³-hybridized carbons (Fsp3) is 0.818. The van der Waals surface area contributed by atoms with Gasteiger partial charge in [-0.3, -0.25) is 4.79 Å². The maximum absolute atomic E-state index is 10.5. The maximum atomic E-state index is 10.5. The van der Waals surface area contributed by atoms with Crippen molar-refractivity contribution < 1.29 is 9.28 Å². The van der Waals surface area contributed by atoms with Crippen LogP contribution in [0.3, 0.4) is 0 Å².